The van der Waals surface area contributed by atoms with Gasteiger partial charge in [0.15, 0.2) is 9.84 Å². The summed E-state index contributed by atoms with van der Waals surface area (Å²) in [5.74, 6) is -1.28. The van der Waals surface area contributed by atoms with Gasteiger partial charge in [0.2, 0.25) is 5.91 Å². The second-order valence-electron chi connectivity index (χ2n) is 5.70. The SMILES string of the molecule is O=C(CCS(=O)(=O)c1cccc2nsnc12)Nc1ccc(Cl)c(C(F)(F)F)c1. The molecule has 0 bridgehead atoms. The summed E-state index contributed by atoms with van der Waals surface area (Å²) in [5.41, 5.74) is -0.580. The molecule has 12 heteroatoms. The van der Waals surface area contributed by atoms with Gasteiger partial charge in [0, 0.05) is 12.1 Å². The molecule has 0 aliphatic heterocycles. The lowest BCUT2D eigenvalue weighted by molar-refractivity contribution is -0.137. The fourth-order valence-corrected chi connectivity index (χ4v) is 4.65. The number of aromatic nitrogens is 2. The van der Waals surface area contributed by atoms with Crippen LogP contribution in [-0.4, -0.2) is 28.8 Å². The van der Waals surface area contributed by atoms with Crippen molar-refractivity contribution in [1.29, 1.82) is 0 Å². The minimum Gasteiger partial charge on any atom is -0.326 e. The van der Waals surface area contributed by atoms with Gasteiger partial charge in [-0.05, 0) is 30.3 Å². The Morgan fingerprint density at radius 3 is 2.64 bits per heavy atom. The van der Waals surface area contributed by atoms with Crippen molar-refractivity contribution >= 4 is 55.8 Å². The van der Waals surface area contributed by atoms with E-state index in [1.54, 1.807) is 6.07 Å². The predicted octanol–water partition coefficient (Wildman–Crippen LogP) is 4.17. The molecule has 148 valence electrons. The van der Waals surface area contributed by atoms with Crippen molar-refractivity contribution in [2.75, 3.05) is 11.1 Å². The van der Waals surface area contributed by atoms with Gasteiger partial charge < -0.3 is 5.32 Å². The van der Waals surface area contributed by atoms with E-state index in [0.29, 0.717) is 11.6 Å². The molecule has 0 spiro atoms. The number of anilines is 1. The van der Waals surface area contributed by atoms with Crippen molar-refractivity contribution in [2.24, 2.45) is 0 Å². The fraction of sp³-hybridized carbons (Fsp3) is 0.188. The molecular formula is C16H11ClF3N3O3S2. The van der Waals surface area contributed by atoms with E-state index in [2.05, 4.69) is 14.1 Å². The summed E-state index contributed by atoms with van der Waals surface area (Å²) in [7, 11) is -3.84. The largest absolute Gasteiger partial charge is 0.417 e. The Balaban J connectivity index is 1.72. The maximum Gasteiger partial charge on any atom is 0.417 e. The number of sulfone groups is 1. The van der Waals surface area contributed by atoms with Crippen molar-refractivity contribution in [3.63, 3.8) is 0 Å². The molecule has 1 aromatic heterocycles. The molecule has 0 saturated heterocycles. The van der Waals surface area contributed by atoms with E-state index in [-0.39, 0.29) is 16.1 Å². The highest BCUT2D eigenvalue weighted by Gasteiger charge is 2.33. The summed E-state index contributed by atoms with van der Waals surface area (Å²) in [6.45, 7) is 0. The number of alkyl halides is 3. The summed E-state index contributed by atoms with van der Waals surface area (Å²) in [6.07, 6.45) is -5.12. The number of nitrogens with zero attached hydrogens (tertiary/aromatic N) is 2. The highest BCUT2D eigenvalue weighted by atomic mass is 35.5. The molecule has 0 aliphatic carbocycles. The molecule has 28 heavy (non-hydrogen) atoms. The first-order valence-electron chi connectivity index (χ1n) is 7.68. The Bertz CT molecular complexity index is 1150. The Kier molecular flexibility index (Phi) is 5.60. The number of benzene rings is 2. The van der Waals surface area contributed by atoms with Crippen LogP contribution in [0.2, 0.25) is 5.02 Å². The van der Waals surface area contributed by atoms with E-state index >= 15 is 0 Å². The van der Waals surface area contributed by atoms with E-state index in [1.165, 1.54) is 18.2 Å². The van der Waals surface area contributed by atoms with Crippen LogP contribution in [0, 0.1) is 0 Å². The highest BCUT2D eigenvalue weighted by molar-refractivity contribution is 7.91. The average Bonchev–Trinajstić information content (AvgIpc) is 3.09. The molecule has 0 fully saturated rings. The fourth-order valence-electron chi connectivity index (χ4n) is 2.41. The zero-order valence-electron chi connectivity index (χ0n) is 13.8. The van der Waals surface area contributed by atoms with Crippen molar-refractivity contribution in [3.05, 3.63) is 47.0 Å². The molecule has 1 N–H and O–H groups in total. The molecule has 0 unspecified atom stereocenters. The number of fused-ring (bicyclic) bond motifs is 1. The van der Waals surface area contributed by atoms with Crippen LogP contribution in [0.25, 0.3) is 11.0 Å². The van der Waals surface area contributed by atoms with Gasteiger partial charge in [-0.2, -0.15) is 21.9 Å². The Morgan fingerprint density at radius 2 is 1.93 bits per heavy atom. The van der Waals surface area contributed by atoms with Crippen LogP contribution in [0.1, 0.15) is 12.0 Å². The Hall–Kier alpha value is -2.24. The number of carbonyl (C=O) groups is 1. The van der Waals surface area contributed by atoms with Crippen molar-refractivity contribution in [3.8, 4) is 0 Å². The molecule has 6 nitrogen and oxygen atoms in total. The van der Waals surface area contributed by atoms with E-state index in [9.17, 15) is 26.4 Å². The smallest absolute Gasteiger partial charge is 0.326 e. The van der Waals surface area contributed by atoms with Crippen LogP contribution in [-0.2, 0) is 20.8 Å². The normalized spacial score (nSPS) is 12.3. The van der Waals surface area contributed by atoms with Gasteiger partial charge in [0.1, 0.15) is 11.0 Å². The minimum absolute atomic E-state index is 0.0441. The molecule has 3 rings (SSSR count). The standard InChI is InChI=1S/C16H11ClF3N3O3S2/c17-11-5-4-9(8-10(11)16(18,19)20)21-14(24)6-7-28(25,26)13-3-1-2-12-15(13)23-27-22-12/h1-5,8H,6-7H2,(H,21,24). The summed E-state index contributed by atoms with van der Waals surface area (Å²) in [4.78, 5) is 12.0. The van der Waals surface area contributed by atoms with E-state index < -0.39 is 44.7 Å². The van der Waals surface area contributed by atoms with Crippen LogP contribution >= 0.6 is 23.3 Å². The molecule has 0 atom stereocenters. The minimum atomic E-state index is -4.68. The third-order valence-corrected chi connectivity index (χ3v) is 6.35. The average molecular weight is 450 g/mol. The first-order valence-corrected chi connectivity index (χ1v) is 10.4. The summed E-state index contributed by atoms with van der Waals surface area (Å²) in [6, 6.07) is 7.40. The quantitative estimate of drug-likeness (QED) is 0.631. The van der Waals surface area contributed by atoms with Gasteiger partial charge in [-0.1, -0.05) is 17.7 Å². The van der Waals surface area contributed by atoms with Crippen LogP contribution in [0.5, 0.6) is 0 Å². The number of hydrogen-bond donors (Lipinski definition) is 1. The first kappa shape index (κ1) is 20.5. The van der Waals surface area contributed by atoms with Gasteiger partial charge in [-0.3, -0.25) is 4.79 Å². The lowest BCUT2D eigenvalue weighted by Crippen LogP contribution is -2.18. The van der Waals surface area contributed by atoms with Crippen LogP contribution in [0.15, 0.2) is 41.3 Å². The maximum atomic E-state index is 12.9. The Morgan fingerprint density at radius 1 is 1.18 bits per heavy atom. The third kappa shape index (κ3) is 4.42. The molecule has 1 heterocycles. The zero-order chi connectivity index (χ0) is 20.5. The number of hydrogen-bond acceptors (Lipinski definition) is 6. The van der Waals surface area contributed by atoms with Gasteiger partial charge in [0.05, 0.1) is 33.0 Å². The van der Waals surface area contributed by atoms with Gasteiger partial charge in [-0.25, -0.2) is 8.42 Å². The van der Waals surface area contributed by atoms with Crippen molar-refractivity contribution in [2.45, 2.75) is 17.5 Å². The first-order chi connectivity index (χ1) is 13.1. The van der Waals surface area contributed by atoms with Crippen LogP contribution < -0.4 is 5.32 Å². The molecule has 2 aromatic carbocycles. The van der Waals surface area contributed by atoms with Crippen molar-refractivity contribution in [1.82, 2.24) is 8.75 Å². The third-order valence-electron chi connectivity index (χ3n) is 3.74. The summed E-state index contributed by atoms with van der Waals surface area (Å²) >= 11 is 6.39. The van der Waals surface area contributed by atoms with Gasteiger partial charge in [0.25, 0.3) is 0 Å². The van der Waals surface area contributed by atoms with Crippen LogP contribution in [0.4, 0.5) is 18.9 Å². The van der Waals surface area contributed by atoms with E-state index in [1.807, 2.05) is 0 Å². The topological polar surface area (TPSA) is 89.0 Å². The summed E-state index contributed by atoms with van der Waals surface area (Å²) in [5, 5.41) is 1.75. The molecule has 0 saturated carbocycles. The van der Waals surface area contributed by atoms with Crippen LogP contribution in [0.3, 0.4) is 0 Å². The molecule has 0 radical (unpaired) electrons. The maximum absolute atomic E-state index is 12.9. The number of halogens is 4. The number of amides is 1. The summed E-state index contributed by atoms with van der Waals surface area (Å²) < 4.78 is 71.6. The van der Waals surface area contributed by atoms with E-state index in [0.717, 1.165) is 17.8 Å². The second-order valence-corrected chi connectivity index (χ2v) is 8.71. The lowest BCUT2D eigenvalue weighted by Gasteiger charge is -2.12. The number of nitrogens with one attached hydrogen (secondary N) is 1. The predicted molar refractivity (Wildman–Crippen MR) is 99.2 cm³/mol. The second kappa shape index (κ2) is 7.64. The number of rotatable bonds is 5. The van der Waals surface area contributed by atoms with Gasteiger partial charge in [-0.15, -0.1) is 0 Å². The lowest BCUT2D eigenvalue weighted by atomic mass is 10.2. The monoisotopic (exact) mass is 449 g/mol. The van der Waals surface area contributed by atoms with Crippen molar-refractivity contribution < 1.29 is 26.4 Å². The highest BCUT2D eigenvalue weighted by Crippen LogP contribution is 2.36. The Labute approximate surface area is 166 Å². The molecule has 3 aromatic rings. The van der Waals surface area contributed by atoms with E-state index in [4.69, 9.17) is 11.6 Å². The molecule has 0 aliphatic rings. The number of carbonyl (C=O) groups excluding carboxylic acids is 1. The zero-order valence-corrected chi connectivity index (χ0v) is 16.2. The van der Waals surface area contributed by atoms with Gasteiger partial charge >= 0.3 is 6.18 Å². The molecule has 1 amide bonds. The molecular weight excluding hydrogens is 439 g/mol.